The molecule has 0 unspecified atom stereocenters. The number of rotatable bonds is 3. The van der Waals surface area contributed by atoms with E-state index in [0.29, 0.717) is 13.1 Å². The first-order valence-electron chi connectivity index (χ1n) is 10.1. The highest BCUT2D eigenvalue weighted by molar-refractivity contribution is 6.33. The summed E-state index contributed by atoms with van der Waals surface area (Å²) in [5, 5.41) is 10.4. The zero-order chi connectivity index (χ0) is 23.2. The second-order valence-corrected chi connectivity index (χ2v) is 8.41. The predicted octanol–water partition coefficient (Wildman–Crippen LogP) is 5.45. The maximum absolute atomic E-state index is 14.0. The molecule has 1 aliphatic rings. The third kappa shape index (κ3) is 4.22. The summed E-state index contributed by atoms with van der Waals surface area (Å²) in [6.45, 7) is 4.93. The van der Waals surface area contributed by atoms with Crippen LogP contribution >= 0.6 is 11.6 Å². The number of nitrogens with zero attached hydrogens (tertiary/aromatic N) is 1. The molecule has 2 aromatic carbocycles. The number of benzene rings is 2. The topological polar surface area (TPSA) is 62.9 Å². The van der Waals surface area contributed by atoms with Crippen molar-refractivity contribution in [2.45, 2.75) is 38.8 Å². The summed E-state index contributed by atoms with van der Waals surface area (Å²) in [7, 11) is 0. The van der Waals surface area contributed by atoms with Crippen LogP contribution in [0.3, 0.4) is 0 Å². The number of morpholine rings is 1. The van der Waals surface area contributed by atoms with Gasteiger partial charge < -0.3 is 14.3 Å². The average Bonchev–Trinajstić information content (AvgIpc) is 2.69. The lowest BCUT2D eigenvalue weighted by molar-refractivity contribution is -0.152. The van der Waals surface area contributed by atoms with Gasteiger partial charge in [-0.05, 0) is 32.0 Å². The molecule has 1 aromatic heterocycles. The van der Waals surface area contributed by atoms with Crippen LogP contribution in [0.5, 0.6) is 5.75 Å². The molecule has 1 saturated heterocycles. The summed E-state index contributed by atoms with van der Waals surface area (Å²) in [4.78, 5) is 15.2. The molecule has 3 aromatic rings. The standard InChI is InChI=1S/C23H21ClF3NO4/c1-12-9-28(10-13(2)31-12)11-16-18(29)8-7-15-20(30)19(14-5-3-4-6-17(14)24)22(23(25,26)27)32-21(15)16/h3-8,12-13,29H,9-11H2,1-2H3/t12-,13+. The molecule has 2 atom stereocenters. The summed E-state index contributed by atoms with van der Waals surface area (Å²) < 4.78 is 53.1. The van der Waals surface area contributed by atoms with Gasteiger partial charge in [-0.25, -0.2) is 0 Å². The van der Waals surface area contributed by atoms with Gasteiger partial charge in [0, 0.05) is 30.2 Å². The molecule has 0 saturated carbocycles. The normalized spacial score (nSPS) is 20.1. The lowest BCUT2D eigenvalue weighted by Gasteiger charge is -2.35. The number of alkyl halides is 3. The lowest BCUT2D eigenvalue weighted by Crippen LogP contribution is -2.44. The minimum Gasteiger partial charge on any atom is -0.507 e. The van der Waals surface area contributed by atoms with Gasteiger partial charge >= 0.3 is 6.18 Å². The van der Waals surface area contributed by atoms with E-state index in [9.17, 15) is 23.1 Å². The van der Waals surface area contributed by atoms with Crippen LogP contribution in [0.25, 0.3) is 22.1 Å². The first kappa shape index (κ1) is 22.6. The van der Waals surface area contributed by atoms with Crippen molar-refractivity contribution < 1.29 is 27.4 Å². The number of ether oxygens (including phenoxy) is 1. The van der Waals surface area contributed by atoms with Gasteiger partial charge in [0.2, 0.25) is 11.2 Å². The third-order valence-electron chi connectivity index (χ3n) is 5.42. The van der Waals surface area contributed by atoms with Crippen LogP contribution in [0.1, 0.15) is 25.2 Å². The molecule has 32 heavy (non-hydrogen) atoms. The fourth-order valence-corrected chi connectivity index (χ4v) is 4.43. The van der Waals surface area contributed by atoms with Crippen molar-refractivity contribution in [2.75, 3.05) is 13.1 Å². The molecular formula is C23H21ClF3NO4. The molecule has 0 radical (unpaired) electrons. The minimum atomic E-state index is -4.95. The van der Waals surface area contributed by atoms with Crippen LogP contribution in [0.15, 0.2) is 45.6 Å². The Kier molecular flexibility index (Phi) is 5.96. The maximum atomic E-state index is 14.0. The zero-order valence-corrected chi connectivity index (χ0v) is 18.1. The predicted molar refractivity (Wildman–Crippen MR) is 115 cm³/mol. The van der Waals surface area contributed by atoms with E-state index >= 15 is 0 Å². The molecule has 5 nitrogen and oxygen atoms in total. The molecule has 2 heterocycles. The van der Waals surface area contributed by atoms with Crippen molar-refractivity contribution >= 4 is 22.6 Å². The van der Waals surface area contributed by atoms with Crippen molar-refractivity contribution in [3.05, 3.63) is 63.0 Å². The van der Waals surface area contributed by atoms with E-state index in [-0.39, 0.29) is 51.6 Å². The average molecular weight is 468 g/mol. The van der Waals surface area contributed by atoms with Crippen molar-refractivity contribution in [2.24, 2.45) is 0 Å². The second kappa shape index (κ2) is 8.42. The van der Waals surface area contributed by atoms with Crippen molar-refractivity contribution in [3.8, 4) is 16.9 Å². The highest BCUT2D eigenvalue weighted by Gasteiger charge is 2.40. The van der Waals surface area contributed by atoms with E-state index in [1.165, 1.54) is 30.3 Å². The maximum Gasteiger partial charge on any atom is 0.450 e. The summed E-state index contributed by atoms with van der Waals surface area (Å²) in [6, 6.07) is 8.37. The lowest BCUT2D eigenvalue weighted by atomic mass is 10.00. The Hall–Kier alpha value is -2.55. The monoisotopic (exact) mass is 467 g/mol. The van der Waals surface area contributed by atoms with Gasteiger partial charge in [-0.2, -0.15) is 13.2 Å². The summed E-state index contributed by atoms with van der Waals surface area (Å²) in [5.41, 5.74) is -1.75. The van der Waals surface area contributed by atoms with Crippen LogP contribution < -0.4 is 5.43 Å². The van der Waals surface area contributed by atoms with E-state index < -0.39 is 22.9 Å². The van der Waals surface area contributed by atoms with Crippen molar-refractivity contribution in [3.63, 3.8) is 0 Å². The molecule has 170 valence electrons. The van der Waals surface area contributed by atoms with E-state index in [1.807, 2.05) is 18.7 Å². The van der Waals surface area contributed by atoms with Gasteiger partial charge in [0.25, 0.3) is 0 Å². The number of hydrogen-bond donors (Lipinski definition) is 1. The fourth-order valence-electron chi connectivity index (χ4n) is 4.20. The van der Waals surface area contributed by atoms with Gasteiger partial charge in [0.1, 0.15) is 11.3 Å². The first-order valence-corrected chi connectivity index (χ1v) is 10.5. The van der Waals surface area contributed by atoms with Crippen LogP contribution in [-0.2, 0) is 17.5 Å². The second-order valence-electron chi connectivity index (χ2n) is 8.00. The van der Waals surface area contributed by atoms with Crippen molar-refractivity contribution in [1.29, 1.82) is 0 Å². The van der Waals surface area contributed by atoms with Crippen molar-refractivity contribution in [1.82, 2.24) is 4.90 Å². The van der Waals surface area contributed by atoms with Crippen LogP contribution in [-0.4, -0.2) is 35.3 Å². The van der Waals surface area contributed by atoms with Crippen LogP contribution in [0.4, 0.5) is 13.2 Å². The molecule has 1 aliphatic heterocycles. The number of hydrogen-bond acceptors (Lipinski definition) is 5. The number of phenols is 1. The van der Waals surface area contributed by atoms with Gasteiger partial charge in [-0.15, -0.1) is 0 Å². The minimum absolute atomic E-state index is 0.0000521. The summed E-state index contributed by atoms with van der Waals surface area (Å²) in [5.74, 6) is -1.69. The molecule has 0 amide bonds. The quantitative estimate of drug-likeness (QED) is 0.555. The smallest absolute Gasteiger partial charge is 0.450 e. The van der Waals surface area contributed by atoms with Gasteiger partial charge in [-0.1, -0.05) is 29.8 Å². The largest absolute Gasteiger partial charge is 0.507 e. The summed E-state index contributed by atoms with van der Waals surface area (Å²) >= 11 is 6.11. The molecule has 9 heteroatoms. The zero-order valence-electron chi connectivity index (χ0n) is 17.4. The van der Waals surface area contributed by atoms with Gasteiger partial charge in [0.15, 0.2) is 0 Å². The Labute approximate surface area is 187 Å². The molecule has 1 fully saturated rings. The number of phenolic OH excluding ortho intramolecular Hbond substituents is 1. The Bertz CT molecular complexity index is 1210. The SMILES string of the molecule is C[C@@H]1CN(Cc2c(O)ccc3c(=O)c(-c4ccccc4Cl)c(C(F)(F)F)oc23)C[C@H](C)O1. The number of halogens is 4. The van der Waals surface area contributed by atoms with E-state index in [1.54, 1.807) is 6.07 Å². The highest BCUT2D eigenvalue weighted by Crippen LogP contribution is 2.41. The van der Waals surface area contributed by atoms with E-state index in [2.05, 4.69) is 0 Å². The molecule has 4 rings (SSSR count). The van der Waals surface area contributed by atoms with Crippen LogP contribution in [0, 0.1) is 0 Å². The van der Waals surface area contributed by atoms with Crippen LogP contribution in [0.2, 0.25) is 5.02 Å². The molecule has 0 bridgehead atoms. The Morgan fingerprint density at radius 1 is 1.12 bits per heavy atom. The highest BCUT2D eigenvalue weighted by atomic mass is 35.5. The van der Waals surface area contributed by atoms with Gasteiger partial charge in [-0.3, -0.25) is 9.69 Å². The molecule has 1 N–H and O–H groups in total. The molecule has 0 aliphatic carbocycles. The van der Waals surface area contributed by atoms with E-state index in [4.69, 9.17) is 20.8 Å². The van der Waals surface area contributed by atoms with E-state index in [0.717, 1.165) is 0 Å². The first-order chi connectivity index (χ1) is 15.1. The Morgan fingerprint density at radius 2 is 1.78 bits per heavy atom. The summed E-state index contributed by atoms with van der Waals surface area (Å²) in [6.07, 6.45) is -5.12. The Morgan fingerprint density at radius 3 is 2.41 bits per heavy atom. The molecular weight excluding hydrogens is 447 g/mol. The fraction of sp³-hybridized carbons (Fsp3) is 0.348. The number of fused-ring (bicyclic) bond motifs is 1. The third-order valence-corrected chi connectivity index (χ3v) is 5.75. The van der Waals surface area contributed by atoms with Gasteiger partial charge in [0.05, 0.1) is 28.7 Å². The number of aromatic hydroxyl groups is 1. The molecule has 0 spiro atoms. The Balaban J connectivity index is 1.95.